The van der Waals surface area contributed by atoms with Crippen LogP contribution < -0.4 is 0 Å². The van der Waals surface area contributed by atoms with Crippen LogP contribution in [0.1, 0.15) is 23.5 Å². The molecule has 0 radical (unpaired) electrons. The standard InChI is InChI=1S/C20H19NO3/c22-19(18-12-17(18)15-9-5-2-6-10-15)21-16(13-24-20(21)23)11-14-7-3-1-4-8-14/h1-10,16-18H,11-13H2/t16-,17+,18-/m0/s1. The Bertz CT molecular complexity index is 744. The Kier molecular flexibility index (Phi) is 3.81. The van der Waals surface area contributed by atoms with Crippen molar-refractivity contribution in [2.45, 2.75) is 24.8 Å². The summed E-state index contributed by atoms with van der Waals surface area (Å²) in [6.45, 7) is 0.280. The van der Waals surface area contributed by atoms with Crippen molar-refractivity contribution in [3.8, 4) is 0 Å². The molecular formula is C20H19NO3. The van der Waals surface area contributed by atoms with E-state index in [2.05, 4.69) is 0 Å². The van der Waals surface area contributed by atoms with E-state index in [0.29, 0.717) is 6.42 Å². The summed E-state index contributed by atoms with van der Waals surface area (Å²) in [5, 5.41) is 0. The van der Waals surface area contributed by atoms with Gasteiger partial charge in [0.2, 0.25) is 5.91 Å². The molecule has 1 saturated carbocycles. The van der Waals surface area contributed by atoms with E-state index in [1.165, 1.54) is 10.5 Å². The average Bonchev–Trinajstić information content (AvgIpc) is 3.35. The minimum atomic E-state index is -0.500. The van der Waals surface area contributed by atoms with E-state index < -0.39 is 6.09 Å². The molecule has 0 unspecified atom stereocenters. The highest BCUT2D eigenvalue weighted by Gasteiger charge is 2.50. The van der Waals surface area contributed by atoms with Crippen molar-refractivity contribution in [2.75, 3.05) is 6.61 Å². The molecule has 4 nitrogen and oxygen atoms in total. The van der Waals surface area contributed by atoms with E-state index in [9.17, 15) is 9.59 Å². The highest BCUT2D eigenvalue weighted by Crippen LogP contribution is 2.49. The van der Waals surface area contributed by atoms with Gasteiger partial charge in [-0.1, -0.05) is 60.7 Å². The molecule has 2 amide bonds. The van der Waals surface area contributed by atoms with Gasteiger partial charge in [-0.25, -0.2) is 9.69 Å². The number of hydrogen-bond acceptors (Lipinski definition) is 3. The number of ether oxygens (including phenoxy) is 1. The normalized spacial score (nSPS) is 25.4. The predicted octanol–water partition coefficient (Wildman–Crippen LogP) is 3.38. The molecule has 3 atom stereocenters. The molecule has 0 spiro atoms. The number of hydrogen-bond donors (Lipinski definition) is 0. The summed E-state index contributed by atoms with van der Waals surface area (Å²) in [7, 11) is 0. The molecule has 0 bridgehead atoms. The van der Waals surface area contributed by atoms with Crippen LogP contribution in [0, 0.1) is 5.92 Å². The lowest BCUT2D eigenvalue weighted by Crippen LogP contribution is -2.41. The number of imide groups is 1. The van der Waals surface area contributed by atoms with E-state index >= 15 is 0 Å². The van der Waals surface area contributed by atoms with Gasteiger partial charge in [0.05, 0.1) is 6.04 Å². The maximum atomic E-state index is 12.8. The van der Waals surface area contributed by atoms with E-state index in [0.717, 1.165) is 12.0 Å². The Balaban J connectivity index is 1.47. The van der Waals surface area contributed by atoms with E-state index in [1.54, 1.807) is 0 Å². The molecule has 1 heterocycles. The van der Waals surface area contributed by atoms with E-state index in [1.807, 2.05) is 60.7 Å². The van der Waals surface area contributed by atoms with Gasteiger partial charge >= 0.3 is 6.09 Å². The van der Waals surface area contributed by atoms with Crippen LogP contribution in [0.3, 0.4) is 0 Å². The first-order valence-electron chi connectivity index (χ1n) is 8.33. The fourth-order valence-electron chi connectivity index (χ4n) is 3.48. The summed E-state index contributed by atoms with van der Waals surface area (Å²) < 4.78 is 5.16. The predicted molar refractivity (Wildman–Crippen MR) is 89.4 cm³/mol. The van der Waals surface area contributed by atoms with Gasteiger partial charge in [0.15, 0.2) is 0 Å². The summed E-state index contributed by atoms with van der Waals surface area (Å²) in [4.78, 5) is 26.2. The van der Waals surface area contributed by atoms with Gasteiger partial charge in [-0.15, -0.1) is 0 Å². The summed E-state index contributed by atoms with van der Waals surface area (Å²) in [6.07, 6.45) is 0.950. The van der Waals surface area contributed by atoms with Crippen molar-refractivity contribution in [3.63, 3.8) is 0 Å². The molecule has 2 fully saturated rings. The smallest absolute Gasteiger partial charge is 0.416 e. The second-order valence-corrected chi connectivity index (χ2v) is 6.49. The van der Waals surface area contributed by atoms with Crippen molar-refractivity contribution in [1.29, 1.82) is 0 Å². The molecule has 122 valence electrons. The molecule has 1 saturated heterocycles. The van der Waals surface area contributed by atoms with Crippen LogP contribution in [-0.4, -0.2) is 29.5 Å². The lowest BCUT2D eigenvalue weighted by atomic mass is 10.0. The van der Waals surface area contributed by atoms with Crippen LogP contribution in [0.5, 0.6) is 0 Å². The topological polar surface area (TPSA) is 46.6 Å². The van der Waals surface area contributed by atoms with Crippen molar-refractivity contribution in [3.05, 3.63) is 71.8 Å². The van der Waals surface area contributed by atoms with Crippen molar-refractivity contribution in [1.82, 2.24) is 4.90 Å². The molecule has 4 heteroatoms. The molecule has 4 rings (SSSR count). The number of carbonyl (C=O) groups excluding carboxylic acids is 2. The molecule has 0 aromatic heterocycles. The molecule has 2 aliphatic rings. The molecule has 2 aromatic carbocycles. The first-order chi connectivity index (χ1) is 11.7. The zero-order valence-corrected chi connectivity index (χ0v) is 13.3. The Morgan fingerprint density at radius 1 is 1.04 bits per heavy atom. The van der Waals surface area contributed by atoms with E-state index in [-0.39, 0.29) is 30.4 Å². The van der Waals surface area contributed by atoms with Crippen LogP contribution in [-0.2, 0) is 16.0 Å². The van der Waals surface area contributed by atoms with Gasteiger partial charge in [-0.3, -0.25) is 4.79 Å². The minimum absolute atomic E-state index is 0.0905. The number of nitrogens with zero attached hydrogens (tertiary/aromatic N) is 1. The van der Waals surface area contributed by atoms with Gasteiger partial charge in [0, 0.05) is 5.92 Å². The monoisotopic (exact) mass is 321 g/mol. The van der Waals surface area contributed by atoms with Gasteiger partial charge in [-0.05, 0) is 29.9 Å². The molecular weight excluding hydrogens is 302 g/mol. The van der Waals surface area contributed by atoms with Gasteiger partial charge in [0.1, 0.15) is 6.61 Å². The minimum Gasteiger partial charge on any atom is -0.447 e. The second kappa shape index (κ2) is 6.11. The van der Waals surface area contributed by atoms with Crippen LogP contribution in [0.2, 0.25) is 0 Å². The Hall–Kier alpha value is -2.62. The number of carbonyl (C=O) groups is 2. The number of benzene rings is 2. The number of cyclic esters (lactones) is 1. The SMILES string of the molecule is O=C1OC[C@H](Cc2ccccc2)N1C(=O)[C@H]1C[C@@H]1c1ccccc1. The molecule has 24 heavy (non-hydrogen) atoms. The quantitative estimate of drug-likeness (QED) is 0.867. The summed E-state index contributed by atoms with van der Waals surface area (Å²) >= 11 is 0. The van der Waals surface area contributed by atoms with Crippen molar-refractivity contribution in [2.24, 2.45) is 5.92 Å². The summed E-state index contributed by atoms with van der Waals surface area (Å²) in [6, 6.07) is 19.7. The summed E-state index contributed by atoms with van der Waals surface area (Å²) in [5.74, 6) is 0.0353. The third-order valence-corrected chi connectivity index (χ3v) is 4.85. The first-order valence-corrected chi connectivity index (χ1v) is 8.33. The Labute approximate surface area is 141 Å². The average molecular weight is 321 g/mol. The third kappa shape index (κ3) is 2.80. The van der Waals surface area contributed by atoms with Crippen molar-refractivity contribution >= 4 is 12.0 Å². The maximum Gasteiger partial charge on any atom is 0.416 e. The summed E-state index contributed by atoms with van der Waals surface area (Å²) in [5.41, 5.74) is 2.28. The van der Waals surface area contributed by atoms with Crippen LogP contribution in [0.4, 0.5) is 4.79 Å². The maximum absolute atomic E-state index is 12.8. The molecule has 0 N–H and O–H groups in total. The first kappa shape index (κ1) is 14.9. The fraction of sp³-hybridized carbons (Fsp3) is 0.300. The lowest BCUT2D eigenvalue weighted by Gasteiger charge is -2.19. The number of rotatable bonds is 4. The molecule has 1 aliphatic heterocycles. The van der Waals surface area contributed by atoms with E-state index in [4.69, 9.17) is 4.74 Å². The van der Waals surface area contributed by atoms with Crippen LogP contribution >= 0.6 is 0 Å². The largest absolute Gasteiger partial charge is 0.447 e. The van der Waals surface area contributed by atoms with Crippen LogP contribution in [0.25, 0.3) is 0 Å². The zero-order chi connectivity index (χ0) is 16.5. The van der Waals surface area contributed by atoms with Crippen molar-refractivity contribution < 1.29 is 14.3 Å². The number of amides is 2. The van der Waals surface area contributed by atoms with Gasteiger partial charge in [-0.2, -0.15) is 0 Å². The van der Waals surface area contributed by atoms with Gasteiger partial charge in [0.25, 0.3) is 0 Å². The third-order valence-electron chi connectivity index (χ3n) is 4.85. The Morgan fingerprint density at radius 3 is 2.42 bits per heavy atom. The Morgan fingerprint density at radius 2 is 1.71 bits per heavy atom. The fourth-order valence-corrected chi connectivity index (χ4v) is 3.48. The van der Waals surface area contributed by atoms with Crippen LogP contribution in [0.15, 0.2) is 60.7 Å². The second-order valence-electron chi connectivity index (χ2n) is 6.49. The highest BCUT2D eigenvalue weighted by atomic mass is 16.6. The molecule has 2 aromatic rings. The zero-order valence-electron chi connectivity index (χ0n) is 13.3. The molecule has 1 aliphatic carbocycles. The lowest BCUT2D eigenvalue weighted by molar-refractivity contribution is -0.130. The highest BCUT2D eigenvalue weighted by molar-refractivity contribution is 5.96. The van der Waals surface area contributed by atoms with Gasteiger partial charge < -0.3 is 4.74 Å².